The molecule has 2 fully saturated rings. The second kappa shape index (κ2) is 6.71. The van der Waals surface area contributed by atoms with Gasteiger partial charge in [-0.15, -0.1) is 0 Å². The highest BCUT2D eigenvalue weighted by Gasteiger charge is 2.40. The Balaban J connectivity index is 1.75. The molecule has 0 aromatic heterocycles. The Morgan fingerprint density at radius 1 is 1.17 bits per heavy atom. The summed E-state index contributed by atoms with van der Waals surface area (Å²) in [6.45, 7) is 0. The van der Waals surface area contributed by atoms with Crippen LogP contribution in [0.3, 0.4) is 0 Å². The molecule has 0 heterocycles. The number of hydrogen-bond acceptors (Lipinski definition) is 4. The van der Waals surface area contributed by atoms with Gasteiger partial charge in [-0.3, -0.25) is 4.79 Å². The fourth-order valence-corrected chi connectivity index (χ4v) is 4.23. The summed E-state index contributed by atoms with van der Waals surface area (Å²) in [5.74, 6) is 1.32. The zero-order valence-electron chi connectivity index (χ0n) is 14.0. The number of benzene rings is 1. The summed E-state index contributed by atoms with van der Waals surface area (Å²) < 4.78 is 10.3. The monoisotopic (exact) mass is 333 g/mol. The molecule has 1 aromatic rings. The zero-order chi connectivity index (χ0) is 17.3. The minimum Gasteiger partial charge on any atom is -0.493 e. The number of nitrogens with one attached hydrogen (secondary N) is 1. The summed E-state index contributed by atoms with van der Waals surface area (Å²) in [5.41, 5.74) is 0.238. The van der Waals surface area contributed by atoms with Crippen molar-refractivity contribution >= 4 is 17.6 Å². The average molecular weight is 333 g/mol. The summed E-state index contributed by atoms with van der Waals surface area (Å²) in [4.78, 5) is 23.9. The van der Waals surface area contributed by atoms with Crippen LogP contribution in [0.25, 0.3) is 0 Å². The molecule has 2 bridgehead atoms. The van der Waals surface area contributed by atoms with E-state index in [1.54, 1.807) is 0 Å². The van der Waals surface area contributed by atoms with Crippen LogP contribution in [0.15, 0.2) is 12.1 Å². The third-order valence-electron chi connectivity index (χ3n) is 5.36. The molecule has 2 aliphatic rings. The fraction of sp³-hybridized carbons (Fsp3) is 0.556. The van der Waals surface area contributed by atoms with Gasteiger partial charge >= 0.3 is 5.97 Å². The standard InChI is InChI=1S/C18H23NO5/c1-23-15-8-13(18(21)22)14(9-16(15)24-2)19-17(20)7-12-6-10-3-4-11(12)5-10/h8-12H,3-7H2,1-2H3,(H,19,20)(H,21,22)/t10-,11-,12+/m1/s1. The van der Waals surface area contributed by atoms with Gasteiger partial charge in [0.2, 0.25) is 5.91 Å². The number of anilines is 1. The van der Waals surface area contributed by atoms with Crippen LogP contribution in [0.2, 0.25) is 0 Å². The summed E-state index contributed by atoms with van der Waals surface area (Å²) >= 11 is 0. The van der Waals surface area contributed by atoms with E-state index in [2.05, 4.69) is 5.32 Å². The molecule has 1 amide bonds. The first kappa shape index (κ1) is 16.6. The third-order valence-corrected chi connectivity index (χ3v) is 5.36. The smallest absolute Gasteiger partial charge is 0.337 e. The molecule has 2 N–H and O–H groups in total. The van der Waals surface area contributed by atoms with E-state index in [0.717, 1.165) is 12.3 Å². The molecule has 0 unspecified atom stereocenters. The normalized spacial score (nSPS) is 24.7. The molecular weight excluding hydrogens is 310 g/mol. The van der Waals surface area contributed by atoms with Gasteiger partial charge < -0.3 is 19.9 Å². The zero-order valence-corrected chi connectivity index (χ0v) is 14.0. The molecule has 0 spiro atoms. The number of rotatable bonds is 6. The van der Waals surface area contributed by atoms with Crippen molar-refractivity contribution in [3.63, 3.8) is 0 Å². The quantitative estimate of drug-likeness (QED) is 0.835. The fourth-order valence-electron chi connectivity index (χ4n) is 4.23. The Morgan fingerprint density at radius 3 is 2.42 bits per heavy atom. The van der Waals surface area contributed by atoms with Crippen molar-refractivity contribution in [2.24, 2.45) is 17.8 Å². The predicted octanol–water partition coefficient (Wildman–Crippen LogP) is 3.17. The lowest BCUT2D eigenvalue weighted by atomic mass is 9.86. The Kier molecular flexibility index (Phi) is 4.64. The van der Waals surface area contributed by atoms with Crippen molar-refractivity contribution < 1.29 is 24.2 Å². The number of carbonyl (C=O) groups excluding carboxylic acids is 1. The maximum Gasteiger partial charge on any atom is 0.337 e. The molecule has 130 valence electrons. The molecule has 6 heteroatoms. The van der Waals surface area contributed by atoms with Crippen LogP contribution >= 0.6 is 0 Å². The highest BCUT2D eigenvalue weighted by atomic mass is 16.5. The third kappa shape index (κ3) is 3.18. The van der Waals surface area contributed by atoms with Crippen molar-refractivity contribution in [2.75, 3.05) is 19.5 Å². The van der Waals surface area contributed by atoms with E-state index in [1.165, 1.54) is 45.6 Å². The number of carboxylic acid groups (broad SMARTS) is 1. The van der Waals surface area contributed by atoms with Gasteiger partial charge in [0, 0.05) is 18.6 Å². The van der Waals surface area contributed by atoms with Crippen molar-refractivity contribution in [2.45, 2.75) is 32.1 Å². The lowest BCUT2D eigenvalue weighted by molar-refractivity contribution is -0.117. The maximum absolute atomic E-state index is 12.4. The number of methoxy groups -OCH3 is 2. The van der Waals surface area contributed by atoms with Crippen LogP contribution in [0, 0.1) is 17.8 Å². The van der Waals surface area contributed by atoms with Gasteiger partial charge in [-0.1, -0.05) is 6.42 Å². The van der Waals surface area contributed by atoms with E-state index in [4.69, 9.17) is 9.47 Å². The molecule has 0 saturated heterocycles. The molecule has 0 aliphatic heterocycles. The number of aromatic carboxylic acids is 1. The summed E-state index contributed by atoms with van der Waals surface area (Å²) in [6, 6.07) is 2.87. The Labute approximate surface area is 141 Å². The van der Waals surface area contributed by atoms with Crippen molar-refractivity contribution in [3.05, 3.63) is 17.7 Å². The maximum atomic E-state index is 12.4. The molecule has 1 aromatic carbocycles. The second-order valence-electron chi connectivity index (χ2n) is 6.75. The topological polar surface area (TPSA) is 84.9 Å². The van der Waals surface area contributed by atoms with Crippen molar-refractivity contribution in [1.82, 2.24) is 0 Å². The van der Waals surface area contributed by atoms with Gasteiger partial charge in [0.15, 0.2) is 11.5 Å². The highest BCUT2D eigenvalue weighted by Crippen LogP contribution is 2.49. The van der Waals surface area contributed by atoms with Crippen LogP contribution in [-0.4, -0.2) is 31.2 Å². The van der Waals surface area contributed by atoms with Crippen LogP contribution in [0.1, 0.15) is 42.5 Å². The Morgan fingerprint density at radius 2 is 1.88 bits per heavy atom. The van der Waals surface area contributed by atoms with Crippen LogP contribution in [-0.2, 0) is 4.79 Å². The van der Waals surface area contributed by atoms with Crippen LogP contribution in [0.4, 0.5) is 5.69 Å². The lowest BCUT2D eigenvalue weighted by Crippen LogP contribution is -2.21. The van der Waals surface area contributed by atoms with Gasteiger partial charge in [-0.25, -0.2) is 4.79 Å². The number of ether oxygens (including phenoxy) is 2. The first-order chi connectivity index (χ1) is 11.5. The molecule has 2 saturated carbocycles. The second-order valence-corrected chi connectivity index (χ2v) is 6.75. The van der Waals surface area contributed by atoms with Crippen LogP contribution in [0.5, 0.6) is 11.5 Å². The molecule has 0 radical (unpaired) electrons. The number of carboxylic acids is 1. The molecule has 2 aliphatic carbocycles. The molecule has 3 rings (SSSR count). The summed E-state index contributed by atoms with van der Waals surface area (Å²) in [5, 5.41) is 12.1. The van der Waals surface area contributed by atoms with Gasteiger partial charge in [0.1, 0.15) is 0 Å². The molecule has 24 heavy (non-hydrogen) atoms. The van der Waals surface area contributed by atoms with Crippen LogP contribution < -0.4 is 14.8 Å². The number of hydrogen-bond donors (Lipinski definition) is 2. The van der Waals surface area contributed by atoms with E-state index >= 15 is 0 Å². The average Bonchev–Trinajstić information content (AvgIpc) is 3.16. The minimum absolute atomic E-state index is 0.00561. The molecule has 6 nitrogen and oxygen atoms in total. The molecule has 3 atom stereocenters. The van der Waals surface area contributed by atoms with E-state index < -0.39 is 5.97 Å². The molecular formula is C18H23NO5. The predicted molar refractivity (Wildman–Crippen MR) is 88.7 cm³/mol. The first-order valence-corrected chi connectivity index (χ1v) is 8.31. The van der Waals surface area contributed by atoms with E-state index in [0.29, 0.717) is 29.8 Å². The lowest BCUT2D eigenvalue weighted by Gasteiger charge is -2.21. The first-order valence-electron chi connectivity index (χ1n) is 8.31. The van der Waals surface area contributed by atoms with Crippen molar-refractivity contribution in [3.8, 4) is 11.5 Å². The Bertz CT molecular complexity index is 657. The number of fused-ring (bicyclic) bond motifs is 2. The highest BCUT2D eigenvalue weighted by molar-refractivity contribution is 6.01. The Hall–Kier alpha value is -2.24. The number of amides is 1. The van der Waals surface area contributed by atoms with Gasteiger partial charge in [0.05, 0.1) is 25.5 Å². The van der Waals surface area contributed by atoms with Gasteiger partial charge in [0.25, 0.3) is 0 Å². The van der Waals surface area contributed by atoms with Gasteiger partial charge in [-0.05, 0) is 37.0 Å². The summed E-state index contributed by atoms with van der Waals surface area (Å²) in [7, 11) is 2.91. The van der Waals surface area contributed by atoms with Gasteiger partial charge in [-0.2, -0.15) is 0 Å². The SMILES string of the molecule is COc1cc(NC(=O)C[C@@H]2C[C@@H]3CC[C@@H]2C3)c(C(=O)O)cc1OC. The summed E-state index contributed by atoms with van der Waals surface area (Å²) in [6.07, 6.45) is 5.33. The number of carbonyl (C=O) groups is 2. The minimum atomic E-state index is -1.12. The largest absolute Gasteiger partial charge is 0.493 e. The van der Waals surface area contributed by atoms with E-state index in [9.17, 15) is 14.7 Å². The van der Waals surface area contributed by atoms with E-state index in [1.807, 2.05) is 0 Å². The van der Waals surface area contributed by atoms with Crippen molar-refractivity contribution in [1.29, 1.82) is 0 Å². The van der Waals surface area contributed by atoms with E-state index in [-0.39, 0.29) is 17.2 Å².